The van der Waals surface area contributed by atoms with Crippen molar-refractivity contribution in [2.75, 3.05) is 6.54 Å². The molecule has 1 amide bonds. The van der Waals surface area contributed by atoms with E-state index in [2.05, 4.69) is 17.4 Å². The molecule has 0 aromatic heterocycles. The van der Waals surface area contributed by atoms with Crippen LogP contribution < -0.4 is 11.1 Å². The lowest BCUT2D eigenvalue weighted by Crippen LogP contribution is -2.49. The molecule has 2 unspecified atom stereocenters. The minimum absolute atomic E-state index is 0.0527. The number of amides is 1. The average Bonchev–Trinajstić information content (AvgIpc) is 2.96. The molecule has 5 heteroatoms. The van der Waals surface area contributed by atoms with E-state index in [0.717, 1.165) is 19.4 Å². The Bertz CT molecular complexity index is 375. The number of rotatable bonds is 4. The molecule has 2 aliphatic rings. The average molecular weight is 281 g/mol. The fraction of sp³-hybridized carbons (Fsp3) is 0.867. The van der Waals surface area contributed by atoms with E-state index in [1.165, 1.54) is 25.7 Å². The number of nitrogens with zero attached hydrogens (tertiary/aromatic N) is 1. The van der Waals surface area contributed by atoms with Gasteiger partial charge in [-0.05, 0) is 31.1 Å². The molecule has 0 aliphatic heterocycles. The zero-order valence-corrected chi connectivity index (χ0v) is 12.4. The molecule has 0 saturated heterocycles. The third-order valence-corrected chi connectivity index (χ3v) is 5.30. The highest BCUT2D eigenvalue weighted by molar-refractivity contribution is 6.07. The van der Waals surface area contributed by atoms with Crippen LogP contribution in [0.4, 0.5) is 0 Å². The van der Waals surface area contributed by atoms with Gasteiger partial charge in [-0.15, -0.1) is 0 Å². The number of oxime groups is 1. The molecule has 20 heavy (non-hydrogen) atoms. The van der Waals surface area contributed by atoms with Crippen LogP contribution in [0.15, 0.2) is 5.16 Å². The first-order valence-corrected chi connectivity index (χ1v) is 7.86. The SMILES string of the molecule is CC1CCCCC1CNC(=O)C1(C(N)=NO)CCCC1. The maximum Gasteiger partial charge on any atom is 0.233 e. The van der Waals surface area contributed by atoms with Crippen molar-refractivity contribution in [3.05, 3.63) is 0 Å². The molecule has 0 bridgehead atoms. The second kappa shape index (κ2) is 6.46. The highest BCUT2D eigenvalue weighted by Gasteiger charge is 2.45. The maximum atomic E-state index is 12.5. The molecule has 0 aromatic carbocycles. The van der Waals surface area contributed by atoms with E-state index in [1.807, 2.05) is 0 Å². The standard InChI is InChI=1S/C15H27N3O2/c1-11-6-2-3-7-12(11)10-17-14(19)15(13(16)18-20)8-4-5-9-15/h11-12,20H,2-10H2,1H3,(H2,16,18)(H,17,19). The molecule has 0 spiro atoms. The molecule has 0 aromatic rings. The van der Waals surface area contributed by atoms with Crippen LogP contribution in [0.25, 0.3) is 0 Å². The highest BCUT2D eigenvalue weighted by atomic mass is 16.4. The first-order valence-electron chi connectivity index (χ1n) is 7.86. The number of nitrogens with two attached hydrogens (primary N) is 1. The Balaban J connectivity index is 1.95. The van der Waals surface area contributed by atoms with Crippen molar-refractivity contribution in [2.24, 2.45) is 28.1 Å². The summed E-state index contributed by atoms with van der Waals surface area (Å²) in [6.07, 6.45) is 8.32. The number of carbonyl (C=O) groups excluding carboxylic acids is 1. The quantitative estimate of drug-likeness (QED) is 0.319. The fourth-order valence-corrected chi connectivity index (χ4v) is 3.76. The minimum atomic E-state index is -0.771. The van der Waals surface area contributed by atoms with Crippen LogP contribution in [0.5, 0.6) is 0 Å². The number of nitrogens with one attached hydrogen (secondary N) is 1. The monoisotopic (exact) mass is 281 g/mol. The van der Waals surface area contributed by atoms with Gasteiger partial charge in [-0.1, -0.05) is 44.2 Å². The van der Waals surface area contributed by atoms with Crippen molar-refractivity contribution in [1.82, 2.24) is 5.32 Å². The predicted octanol–water partition coefficient (Wildman–Crippen LogP) is 2.24. The van der Waals surface area contributed by atoms with Crippen LogP contribution >= 0.6 is 0 Å². The van der Waals surface area contributed by atoms with Crippen molar-refractivity contribution in [2.45, 2.75) is 58.3 Å². The predicted molar refractivity (Wildman–Crippen MR) is 78.4 cm³/mol. The number of carbonyl (C=O) groups is 1. The Morgan fingerprint density at radius 1 is 1.30 bits per heavy atom. The lowest BCUT2D eigenvalue weighted by molar-refractivity contribution is -0.127. The van der Waals surface area contributed by atoms with Gasteiger partial charge >= 0.3 is 0 Å². The summed E-state index contributed by atoms with van der Waals surface area (Å²) in [5.74, 6) is 1.26. The largest absolute Gasteiger partial charge is 0.409 e. The normalized spacial score (nSPS) is 30.1. The molecule has 5 nitrogen and oxygen atoms in total. The summed E-state index contributed by atoms with van der Waals surface area (Å²) in [4.78, 5) is 12.5. The van der Waals surface area contributed by atoms with E-state index in [1.54, 1.807) is 0 Å². The summed E-state index contributed by atoms with van der Waals surface area (Å²) in [7, 11) is 0. The molecule has 2 fully saturated rings. The smallest absolute Gasteiger partial charge is 0.233 e. The summed E-state index contributed by atoms with van der Waals surface area (Å²) in [5, 5.41) is 15.1. The van der Waals surface area contributed by atoms with E-state index in [4.69, 9.17) is 10.9 Å². The topological polar surface area (TPSA) is 87.7 Å². The third kappa shape index (κ3) is 2.91. The van der Waals surface area contributed by atoms with Gasteiger partial charge in [-0.2, -0.15) is 0 Å². The third-order valence-electron chi connectivity index (χ3n) is 5.30. The second-order valence-electron chi connectivity index (χ2n) is 6.51. The highest BCUT2D eigenvalue weighted by Crippen LogP contribution is 2.39. The summed E-state index contributed by atoms with van der Waals surface area (Å²) in [6, 6.07) is 0. The van der Waals surface area contributed by atoms with Gasteiger partial charge in [-0.3, -0.25) is 4.79 Å². The van der Waals surface area contributed by atoms with Crippen molar-refractivity contribution < 1.29 is 10.0 Å². The van der Waals surface area contributed by atoms with Gasteiger partial charge in [0.05, 0.1) is 0 Å². The Labute approximate surface area is 121 Å². The Kier molecular flexibility index (Phi) is 4.89. The van der Waals surface area contributed by atoms with Crippen molar-refractivity contribution in [1.29, 1.82) is 0 Å². The summed E-state index contributed by atoms with van der Waals surface area (Å²) >= 11 is 0. The summed E-state index contributed by atoms with van der Waals surface area (Å²) in [6.45, 7) is 2.99. The zero-order chi connectivity index (χ0) is 14.6. The molecule has 2 atom stereocenters. The molecule has 2 aliphatic carbocycles. The molecule has 2 saturated carbocycles. The Morgan fingerprint density at radius 2 is 1.95 bits per heavy atom. The molecular formula is C15H27N3O2. The van der Waals surface area contributed by atoms with Gasteiger partial charge in [0.25, 0.3) is 0 Å². The number of amidine groups is 1. The van der Waals surface area contributed by atoms with E-state index in [9.17, 15) is 4.79 Å². The first kappa shape index (κ1) is 15.1. The van der Waals surface area contributed by atoms with Gasteiger partial charge in [-0.25, -0.2) is 0 Å². The second-order valence-corrected chi connectivity index (χ2v) is 6.51. The molecular weight excluding hydrogens is 254 g/mol. The van der Waals surface area contributed by atoms with Crippen LogP contribution in [0.2, 0.25) is 0 Å². The molecule has 114 valence electrons. The van der Waals surface area contributed by atoms with Gasteiger partial charge in [0.2, 0.25) is 5.91 Å². The van der Waals surface area contributed by atoms with Crippen LogP contribution in [-0.4, -0.2) is 23.5 Å². The Morgan fingerprint density at radius 3 is 2.55 bits per heavy atom. The van der Waals surface area contributed by atoms with Crippen LogP contribution in [-0.2, 0) is 4.79 Å². The van der Waals surface area contributed by atoms with Crippen LogP contribution in [0.3, 0.4) is 0 Å². The Hall–Kier alpha value is -1.26. The first-order chi connectivity index (χ1) is 9.60. The number of hydrogen-bond acceptors (Lipinski definition) is 3. The maximum absolute atomic E-state index is 12.5. The van der Waals surface area contributed by atoms with E-state index in [0.29, 0.717) is 24.7 Å². The van der Waals surface area contributed by atoms with Crippen molar-refractivity contribution >= 4 is 11.7 Å². The molecule has 2 rings (SSSR count). The van der Waals surface area contributed by atoms with Gasteiger partial charge < -0.3 is 16.3 Å². The molecule has 0 radical (unpaired) electrons. The zero-order valence-electron chi connectivity index (χ0n) is 12.4. The lowest BCUT2D eigenvalue weighted by atomic mass is 9.79. The van der Waals surface area contributed by atoms with E-state index < -0.39 is 5.41 Å². The van der Waals surface area contributed by atoms with Gasteiger partial charge in [0.1, 0.15) is 5.41 Å². The summed E-state index contributed by atoms with van der Waals surface area (Å²) in [5.41, 5.74) is 5.02. The van der Waals surface area contributed by atoms with E-state index in [-0.39, 0.29) is 11.7 Å². The lowest BCUT2D eigenvalue weighted by Gasteiger charge is -2.31. The minimum Gasteiger partial charge on any atom is -0.409 e. The molecule has 0 heterocycles. The number of hydrogen-bond donors (Lipinski definition) is 3. The fourth-order valence-electron chi connectivity index (χ4n) is 3.76. The van der Waals surface area contributed by atoms with Crippen LogP contribution in [0.1, 0.15) is 58.3 Å². The van der Waals surface area contributed by atoms with Gasteiger partial charge in [0.15, 0.2) is 5.84 Å². The van der Waals surface area contributed by atoms with Crippen molar-refractivity contribution in [3.8, 4) is 0 Å². The van der Waals surface area contributed by atoms with Crippen molar-refractivity contribution in [3.63, 3.8) is 0 Å². The van der Waals surface area contributed by atoms with Crippen LogP contribution in [0, 0.1) is 17.3 Å². The summed E-state index contributed by atoms with van der Waals surface area (Å²) < 4.78 is 0. The molecule has 4 N–H and O–H groups in total. The van der Waals surface area contributed by atoms with Gasteiger partial charge in [0, 0.05) is 6.54 Å². The van der Waals surface area contributed by atoms with E-state index >= 15 is 0 Å².